The third kappa shape index (κ3) is 4.46. The average Bonchev–Trinajstić information content (AvgIpc) is 2.90. The van der Waals surface area contributed by atoms with E-state index in [0.29, 0.717) is 19.8 Å². The number of hydrogen-bond donors (Lipinski definition) is 1. The Bertz CT molecular complexity index is 558. The predicted molar refractivity (Wildman–Crippen MR) is 80.3 cm³/mol. The molecular formula is C15H22N4O2. The number of hydrogen-bond acceptors (Lipinski definition) is 5. The van der Waals surface area contributed by atoms with Crippen molar-refractivity contribution in [2.45, 2.75) is 32.9 Å². The zero-order valence-corrected chi connectivity index (χ0v) is 12.7. The Balaban J connectivity index is 1.82. The van der Waals surface area contributed by atoms with Crippen LogP contribution in [0.15, 0.2) is 30.5 Å². The number of ether oxygens (including phenoxy) is 2. The third-order valence-corrected chi connectivity index (χ3v) is 2.92. The number of benzene rings is 1. The van der Waals surface area contributed by atoms with Crippen molar-refractivity contribution in [1.29, 1.82) is 0 Å². The molecule has 1 heterocycles. The van der Waals surface area contributed by atoms with Crippen LogP contribution in [0.1, 0.15) is 26.5 Å². The maximum absolute atomic E-state index is 5.97. The molecule has 0 saturated heterocycles. The van der Waals surface area contributed by atoms with Gasteiger partial charge in [0.05, 0.1) is 24.9 Å². The molecular weight excluding hydrogens is 268 g/mol. The molecule has 1 aromatic carbocycles. The fraction of sp³-hybridized carbons (Fsp3) is 0.467. The summed E-state index contributed by atoms with van der Waals surface area (Å²) in [6, 6.07) is 7.56. The van der Waals surface area contributed by atoms with Gasteiger partial charge in [0.1, 0.15) is 23.8 Å². The summed E-state index contributed by atoms with van der Waals surface area (Å²) in [5, 5.41) is 8.10. The van der Waals surface area contributed by atoms with E-state index in [0.717, 1.165) is 17.2 Å². The lowest BCUT2D eigenvalue weighted by Crippen LogP contribution is -2.29. The first-order valence-electron chi connectivity index (χ1n) is 7.04. The number of nitrogens with two attached hydrogens (primary N) is 1. The quantitative estimate of drug-likeness (QED) is 0.843. The van der Waals surface area contributed by atoms with Gasteiger partial charge >= 0.3 is 0 Å². The Kier molecular flexibility index (Phi) is 4.80. The number of nitrogens with zero attached hydrogens (tertiary/aromatic N) is 3. The van der Waals surface area contributed by atoms with Gasteiger partial charge in [0.25, 0.3) is 0 Å². The van der Waals surface area contributed by atoms with Crippen LogP contribution >= 0.6 is 0 Å². The summed E-state index contributed by atoms with van der Waals surface area (Å²) in [5.74, 6) is 1.65. The van der Waals surface area contributed by atoms with Crippen molar-refractivity contribution in [1.82, 2.24) is 15.0 Å². The smallest absolute Gasteiger partial charge is 0.119 e. The van der Waals surface area contributed by atoms with Crippen molar-refractivity contribution >= 4 is 0 Å². The highest BCUT2D eigenvalue weighted by Gasteiger charge is 2.18. The van der Waals surface area contributed by atoms with Crippen LogP contribution in [0.25, 0.3) is 0 Å². The molecule has 2 aromatic rings. The van der Waals surface area contributed by atoms with E-state index < -0.39 is 5.54 Å². The largest absolute Gasteiger partial charge is 0.494 e. The van der Waals surface area contributed by atoms with Crippen molar-refractivity contribution < 1.29 is 9.47 Å². The molecule has 2 N–H and O–H groups in total. The standard InChI is InChI=1S/C15H22N4O2/c1-4-20-12-5-7-13(8-6-12)21-10-9-19-11-14(17-18-19)15(2,3)16/h5-8,11H,4,9-10,16H2,1-3H3. The highest BCUT2D eigenvalue weighted by molar-refractivity contribution is 5.31. The van der Waals surface area contributed by atoms with Crippen LogP contribution in [0.5, 0.6) is 11.5 Å². The molecule has 0 atom stereocenters. The van der Waals surface area contributed by atoms with Gasteiger partial charge in [-0.15, -0.1) is 5.10 Å². The lowest BCUT2D eigenvalue weighted by molar-refractivity contribution is 0.288. The summed E-state index contributed by atoms with van der Waals surface area (Å²) in [5.41, 5.74) is 6.26. The minimum absolute atomic E-state index is 0.478. The van der Waals surface area contributed by atoms with Gasteiger partial charge in [-0.25, -0.2) is 4.68 Å². The first-order chi connectivity index (χ1) is 9.99. The molecule has 6 nitrogen and oxygen atoms in total. The van der Waals surface area contributed by atoms with E-state index in [1.165, 1.54) is 0 Å². The van der Waals surface area contributed by atoms with Gasteiger partial charge in [0.15, 0.2) is 0 Å². The van der Waals surface area contributed by atoms with Crippen LogP contribution in [0.4, 0.5) is 0 Å². The van der Waals surface area contributed by atoms with Crippen LogP contribution < -0.4 is 15.2 Å². The second-order valence-electron chi connectivity index (χ2n) is 5.34. The van der Waals surface area contributed by atoms with Crippen LogP contribution in [0.3, 0.4) is 0 Å². The van der Waals surface area contributed by atoms with Gasteiger partial charge in [-0.05, 0) is 45.0 Å². The molecule has 0 aliphatic heterocycles. The molecule has 2 rings (SSSR count). The van der Waals surface area contributed by atoms with Crippen LogP contribution in [-0.4, -0.2) is 28.2 Å². The maximum Gasteiger partial charge on any atom is 0.119 e. The van der Waals surface area contributed by atoms with Crippen molar-refractivity contribution in [3.8, 4) is 11.5 Å². The van der Waals surface area contributed by atoms with Gasteiger partial charge in [0, 0.05) is 0 Å². The summed E-state index contributed by atoms with van der Waals surface area (Å²) < 4.78 is 12.8. The van der Waals surface area contributed by atoms with E-state index >= 15 is 0 Å². The Morgan fingerprint density at radius 2 is 1.76 bits per heavy atom. The van der Waals surface area contributed by atoms with Crippen LogP contribution in [0, 0.1) is 0 Å². The Morgan fingerprint density at radius 3 is 2.29 bits per heavy atom. The molecule has 0 unspecified atom stereocenters. The minimum Gasteiger partial charge on any atom is -0.494 e. The SMILES string of the molecule is CCOc1ccc(OCCn2cc(C(C)(C)N)nn2)cc1. The van der Waals surface area contributed by atoms with E-state index in [1.54, 1.807) is 4.68 Å². The zero-order valence-electron chi connectivity index (χ0n) is 12.7. The molecule has 0 aliphatic carbocycles. The van der Waals surface area contributed by atoms with Gasteiger partial charge in [-0.2, -0.15) is 0 Å². The minimum atomic E-state index is -0.478. The lowest BCUT2D eigenvalue weighted by Gasteiger charge is -2.13. The van der Waals surface area contributed by atoms with Crippen LogP contribution in [0.2, 0.25) is 0 Å². The Labute approximate surface area is 124 Å². The van der Waals surface area contributed by atoms with Crippen LogP contribution in [-0.2, 0) is 12.1 Å². The Hall–Kier alpha value is -2.08. The predicted octanol–water partition coefficient (Wildman–Crippen LogP) is 1.95. The fourth-order valence-electron chi connectivity index (χ4n) is 1.76. The van der Waals surface area contributed by atoms with E-state index in [9.17, 15) is 0 Å². The molecule has 0 aliphatic rings. The topological polar surface area (TPSA) is 75.2 Å². The van der Waals surface area contributed by atoms with Gasteiger partial charge in [-0.1, -0.05) is 5.21 Å². The molecule has 1 aromatic heterocycles. The van der Waals surface area contributed by atoms with Crippen molar-refractivity contribution in [3.63, 3.8) is 0 Å². The molecule has 0 bridgehead atoms. The molecule has 6 heteroatoms. The zero-order chi connectivity index (χ0) is 15.3. The van der Waals surface area contributed by atoms with Gasteiger partial charge in [-0.3, -0.25) is 0 Å². The average molecular weight is 290 g/mol. The summed E-state index contributed by atoms with van der Waals surface area (Å²) >= 11 is 0. The first-order valence-corrected chi connectivity index (χ1v) is 7.04. The molecule has 0 radical (unpaired) electrons. The highest BCUT2D eigenvalue weighted by atomic mass is 16.5. The van der Waals surface area contributed by atoms with Crippen molar-refractivity contribution in [2.24, 2.45) is 5.73 Å². The summed E-state index contributed by atoms with van der Waals surface area (Å²) in [6.45, 7) is 7.55. The second-order valence-corrected chi connectivity index (χ2v) is 5.34. The Morgan fingerprint density at radius 1 is 1.14 bits per heavy atom. The van der Waals surface area contributed by atoms with E-state index in [1.807, 2.05) is 51.2 Å². The molecule has 0 fully saturated rings. The second kappa shape index (κ2) is 6.58. The lowest BCUT2D eigenvalue weighted by atomic mass is 10.0. The van der Waals surface area contributed by atoms with Crippen molar-refractivity contribution in [3.05, 3.63) is 36.2 Å². The normalized spacial score (nSPS) is 11.4. The molecule has 0 spiro atoms. The number of rotatable bonds is 7. The van der Waals surface area contributed by atoms with Crippen molar-refractivity contribution in [2.75, 3.05) is 13.2 Å². The molecule has 114 valence electrons. The first kappa shape index (κ1) is 15.3. The van der Waals surface area contributed by atoms with E-state index in [-0.39, 0.29) is 0 Å². The van der Waals surface area contributed by atoms with E-state index in [4.69, 9.17) is 15.2 Å². The molecule has 21 heavy (non-hydrogen) atoms. The van der Waals surface area contributed by atoms with Gasteiger partial charge in [0.2, 0.25) is 0 Å². The summed E-state index contributed by atoms with van der Waals surface area (Å²) in [6.07, 6.45) is 1.85. The molecule has 0 saturated carbocycles. The number of aromatic nitrogens is 3. The summed E-state index contributed by atoms with van der Waals surface area (Å²) in [7, 11) is 0. The monoisotopic (exact) mass is 290 g/mol. The third-order valence-electron chi connectivity index (χ3n) is 2.92. The maximum atomic E-state index is 5.97. The molecule has 0 amide bonds. The van der Waals surface area contributed by atoms with E-state index in [2.05, 4.69) is 10.3 Å². The fourth-order valence-corrected chi connectivity index (χ4v) is 1.76. The highest BCUT2D eigenvalue weighted by Crippen LogP contribution is 2.17. The van der Waals surface area contributed by atoms with Gasteiger partial charge < -0.3 is 15.2 Å². The summed E-state index contributed by atoms with van der Waals surface area (Å²) in [4.78, 5) is 0.